The van der Waals surface area contributed by atoms with Gasteiger partial charge in [0.2, 0.25) is 0 Å². The van der Waals surface area contributed by atoms with Gasteiger partial charge in [-0.05, 0) is 97.1 Å². The number of ether oxygens (including phenoxy) is 4. The molecule has 0 saturated carbocycles. The molecule has 21 nitrogen and oxygen atoms in total. The fourth-order valence-corrected chi connectivity index (χ4v) is 8.80. The average molecular weight is 1100 g/mol. The summed E-state index contributed by atoms with van der Waals surface area (Å²) >= 11 is 2.78. The second-order valence-electron chi connectivity index (χ2n) is 16.5. The molecule has 23 heteroatoms. The number of thiazole rings is 2. The Labute approximate surface area is 459 Å². The second kappa shape index (κ2) is 25.5. The first-order chi connectivity index (χ1) is 38.3. The molecule has 0 saturated heterocycles. The Morgan fingerprint density at radius 1 is 0.481 bits per heavy atom. The topological polar surface area (TPSA) is 289 Å². The van der Waals surface area contributed by atoms with Gasteiger partial charge in [-0.15, -0.1) is 22.7 Å². The first-order valence-electron chi connectivity index (χ1n) is 23.7. The third-order valence-electron chi connectivity index (χ3n) is 11.5. The fraction of sp³-hybridized carbons (Fsp3) is 0.107. The maximum absolute atomic E-state index is 13.0. The first kappa shape index (κ1) is 55.0. The lowest BCUT2D eigenvalue weighted by molar-refractivity contribution is 0.0696. The Morgan fingerprint density at radius 2 is 0.911 bits per heavy atom. The van der Waals surface area contributed by atoms with Crippen molar-refractivity contribution in [3.63, 3.8) is 0 Å². The van der Waals surface area contributed by atoms with Crippen LogP contribution in [0.4, 0.5) is 34.4 Å². The Hall–Kier alpha value is -10.3. The SMILES string of the molecule is CNC(=O)c1ccc(N)cc1.CNC(=O)c1ccc(NC(=O)c2cccc(-c3nc(Nc4ccc(OC)c(OC)c4)c4ncsc4n3)c2)cc1.COc1ccc(Nc2nc(-c3cccc(C(=O)O)c3)nc3scnc23)cc1OC. The number of nitrogen functional groups attached to an aromatic ring is 1. The summed E-state index contributed by atoms with van der Waals surface area (Å²) in [6, 6.07) is 37.9. The highest BCUT2D eigenvalue weighted by molar-refractivity contribution is 7.16. The molecule has 79 heavy (non-hydrogen) atoms. The summed E-state index contributed by atoms with van der Waals surface area (Å²) in [4.78, 5) is 75.7. The molecule has 0 aliphatic rings. The van der Waals surface area contributed by atoms with Crippen LogP contribution in [0.3, 0.4) is 0 Å². The molecule has 4 heterocycles. The minimum Gasteiger partial charge on any atom is -0.493 e. The predicted molar refractivity (Wildman–Crippen MR) is 306 cm³/mol. The fourth-order valence-electron chi connectivity index (χ4n) is 7.48. The molecule has 0 radical (unpaired) electrons. The standard InChI is InChI=1S/C28H24N6O4S.C20H16N4O4S.C8H10N2O/c1-29-26(35)16-7-9-19(10-8-16)32-27(36)18-6-4-5-17(13-18)24-33-25(23-28(34-24)39-15-30-23)31-20-11-12-21(37-2)22(14-20)38-3;1-27-14-7-6-13(9-15(14)28-2)22-18-16-19(29-10-21-16)24-17(23-18)11-4-3-5-12(8-11)20(25)26;1-10-8(11)6-2-4-7(9)5-3-6/h4-15H,1-3H3,(H,29,35)(H,32,36)(H,31,33,34);3-10H,1-2H3,(H,25,26)(H,22,23,24);2-5H,9H2,1H3,(H,10,11). The number of carboxylic acids is 1. The Kier molecular flexibility index (Phi) is 17.8. The molecule has 3 amide bonds. The first-order valence-corrected chi connectivity index (χ1v) is 25.4. The Balaban J connectivity index is 0.000000179. The number of hydrogen-bond acceptors (Lipinski definition) is 19. The normalized spacial score (nSPS) is 10.5. The summed E-state index contributed by atoms with van der Waals surface area (Å²) in [6.07, 6.45) is 0. The van der Waals surface area contributed by atoms with Crippen LogP contribution in [-0.4, -0.2) is 101 Å². The number of anilines is 6. The van der Waals surface area contributed by atoms with Crippen LogP contribution >= 0.6 is 22.7 Å². The number of fused-ring (bicyclic) bond motifs is 2. The number of hydrogen-bond donors (Lipinski definition) is 7. The number of nitrogens with zero attached hydrogens (tertiary/aromatic N) is 6. The highest BCUT2D eigenvalue weighted by Crippen LogP contribution is 2.36. The van der Waals surface area contributed by atoms with E-state index in [0.717, 1.165) is 11.4 Å². The van der Waals surface area contributed by atoms with E-state index in [0.29, 0.717) is 106 Å². The molecule has 0 atom stereocenters. The van der Waals surface area contributed by atoms with E-state index in [9.17, 15) is 24.3 Å². The zero-order chi connectivity index (χ0) is 56.0. The van der Waals surface area contributed by atoms with Gasteiger partial charge in [0.05, 0.1) is 45.0 Å². The maximum Gasteiger partial charge on any atom is 0.335 e. The molecular formula is C56H50N12O9S2. The number of methoxy groups -OCH3 is 4. The van der Waals surface area contributed by atoms with Gasteiger partial charge in [0.25, 0.3) is 17.7 Å². The Bertz CT molecular complexity index is 3820. The van der Waals surface area contributed by atoms with Crippen molar-refractivity contribution in [1.29, 1.82) is 0 Å². The summed E-state index contributed by atoms with van der Waals surface area (Å²) in [5.74, 6) is 2.68. The molecule has 0 aliphatic carbocycles. The number of benzene rings is 6. The van der Waals surface area contributed by atoms with Gasteiger partial charge in [-0.1, -0.05) is 24.3 Å². The van der Waals surface area contributed by atoms with E-state index in [-0.39, 0.29) is 23.3 Å². The van der Waals surface area contributed by atoms with Crippen molar-refractivity contribution in [1.82, 2.24) is 40.5 Å². The zero-order valence-corrected chi connectivity index (χ0v) is 44.8. The lowest BCUT2D eigenvalue weighted by Crippen LogP contribution is -2.17. The molecule has 400 valence electrons. The largest absolute Gasteiger partial charge is 0.493 e. The number of nitrogens with two attached hydrogens (primary N) is 1. The van der Waals surface area contributed by atoms with Crippen molar-refractivity contribution in [3.8, 4) is 45.8 Å². The average Bonchev–Trinajstić information content (AvgIpc) is 4.26. The van der Waals surface area contributed by atoms with Crippen molar-refractivity contribution < 1.29 is 43.2 Å². The van der Waals surface area contributed by atoms with Gasteiger partial charge in [-0.25, -0.2) is 34.7 Å². The van der Waals surface area contributed by atoms with Crippen LogP contribution in [0.1, 0.15) is 41.4 Å². The van der Waals surface area contributed by atoms with E-state index in [1.54, 1.807) is 157 Å². The third-order valence-corrected chi connectivity index (χ3v) is 12.9. The van der Waals surface area contributed by atoms with E-state index in [1.807, 2.05) is 24.3 Å². The molecule has 10 rings (SSSR count). The lowest BCUT2D eigenvalue weighted by Gasteiger charge is -2.12. The summed E-state index contributed by atoms with van der Waals surface area (Å²) in [7, 11) is 9.46. The Morgan fingerprint density at radius 3 is 1.35 bits per heavy atom. The molecule has 0 unspecified atom stereocenters. The van der Waals surface area contributed by atoms with Crippen LogP contribution in [-0.2, 0) is 0 Å². The smallest absolute Gasteiger partial charge is 0.335 e. The molecule has 10 aromatic rings. The minimum absolute atomic E-state index is 0.0926. The molecule has 0 bridgehead atoms. The molecule has 4 aromatic heterocycles. The van der Waals surface area contributed by atoms with Crippen LogP contribution in [0.5, 0.6) is 23.0 Å². The molecule has 0 fully saturated rings. The molecule has 0 spiro atoms. The number of carboxylic acid groups (broad SMARTS) is 1. The van der Waals surface area contributed by atoms with Crippen molar-refractivity contribution in [3.05, 3.63) is 167 Å². The predicted octanol–water partition coefficient (Wildman–Crippen LogP) is 9.97. The van der Waals surface area contributed by atoms with Gasteiger partial charge in [0.1, 0.15) is 20.7 Å². The van der Waals surface area contributed by atoms with Crippen LogP contribution in [0.15, 0.2) is 144 Å². The van der Waals surface area contributed by atoms with Crippen molar-refractivity contribution in [2.45, 2.75) is 0 Å². The van der Waals surface area contributed by atoms with Gasteiger partial charge in [0, 0.05) is 76.8 Å². The number of nitrogens with one attached hydrogen (secondary N) is 5. The third kappa shape index (κ3) is 13.4. The number of carbonyl (C=O) groups is 4. The summed E-state index contributed by atoms with van der Waals surface area (Å²) in [5.41, 5.74) is 15.8. The van der Waals surface area contributed by atoms with E-state index in [4.69, 9.17) is 29.7 Å². The van der Waals surface area contributed by atoms with Crippen LogP contribution < -0.4 is 51.3 Å². The van der Waals surface area contributed by atoms with Crippen molar-refractivity contribution >= 4 is 101 Å². The van der Waals surface area contributed by atoms with Crippen molar-refractivity contribution in [2.75, 3.05) is 64.2 Å². The monoisotopic (exact) mass is 1100 g/mol. The van der Waals surface area contributed by atoms with Gasteiger partial charge in [0.15, 0.2) is 46.3 Å². The van der Waals surface area contributed by atoms with E-state index >= 15 is 0 Å². The summed E-state index contributed by atoms with van der Waals surface area (Å²) in [5, 5.41) is 23.8. The molecule has 0 aliphatic heterocycles. The number of amides is 3. The summed E-state index contributed by atoms with van der Waals surface area (Å²) in [6.45, 7) is 0. The quantitative estimate of drug-likeness (QED) is 0.0470. The molecule has 8 N–H and O–H groups in total. The molecule has 6 aromatic carbocycles. The highest BCUT2D eigenvalue weighted by atomic mass is 32.1. The van der Waals surface area contributed by atoms with E-state index < -0.39 is 5.97 Å². The van der Waals surface area contributed by atoms with E-state index in [1.165, 1.54) is 28.7 Å². The van der Waals surface area contributed by atoms with Crippen LogP contribution in [0, 0.1) is 0 Å². The maximum atomic E-state index is 13.0. The van der Waals surface area contributed by atoms with Gasteiger partial charge >= 0.3 is 5.97 Å². The second-order valence-corrected chi connectivity index (χ2v) is 18.1. The zero-order valence-electron chi connectivity index (χ0n) is 43.1. The van der Waals surface area contributed by atoms with Gasteiger partial charge in [-0.3, -0.25) is 14.4 Å². The molecular weight excluding hydrogens is 1050 g/mol. The van der Waals surface area contributed by atoms with Crippen LogP contribution in [0.2, 0.25) is 0 Å². The number of aromatic carboxylic acids is 1. The lowest BCUT2D eigenvalue weighted by atomic mass is 10.1. The van der Waals surface area contributed by atoms with Crippen LogP contribution in [0.25, 0.3) is 43.5 Å². The number of carbonyl (C=O) groups excluding carboxylic acids is 3. The van der Waals surface area contributed by atoms with Gasteiger partial charge in [-0.2, -0.15) is 0 Å². The van der Waals surface area contributed by atoms with Crippen molar-refractivity contribution in [2.24, 2.45) is 0 Å². The summed E-state index contributed by atoms with van der Waals surface area (Å²) < 4.78 is 21.4. The minimum atomic E-state index is -1.01. The number of rotatable bonds is 15. The van der Waals surface area contributed by atoms with Gasteiger partial charge < -0.3 is 56.4 Å². The van der Waals surface area contributed by atoms with E-state index in [2.05, 4.69) is 51.5 Å². The number of aromatic nitrogens is 6. The highest BCUT2D eigenvalue weighted by Gasteiger charge is 2.18.